The second-order valence-corrected chi connectivity index (χ2v) is 8.09. The number of amides is 1. The largest absolute Gasteiger partial charge is 0.475 e. The van der Waals surface area contributed by atoms with Crippen molar-refractivity contribution in [1.29, 1.82) is 0 Å². The minimum atomic E-state index is -3.99. The second kappa shape index (κ2) is 7.98. The molecule has 0 aliphatic heterocycles. The van der Waals surface area contributed by atoms with Crippen LogP contribution in [0.2, 0.25) is 5.02 Å². The Labute approximate surface area is 171 Å². The number of aromatic carboxylic acids is 1. The van der Waals surface area contributed by atoms with Crippen molar-refractivity contribution in [3.05, 3.63) is 65.4 Å². The number of hydrogen-bond acceptors (Lipinski definition) is 5. The van der Waals surface area contributed by atoms with Gasteiger partial charge in [0, 0.05) is 23.2 Å². The van der Waals surface area contributed by atoms with Gasteiger partial charge in [0.2, 0.25) is 11.7 Å². The van der Waals surface area contributed by atoms with Crippen LogP contribution < -0.4 is 10.0 Å². The van der Waals surface area contributed by atoms with Gasteiger partial charge in [0.15, 0.2) is 0 Å². The Morgan fingerprint density at radius 3 is 2.31 bits per heavy atom. The monoisotopic (exact) mass is 434 g/mol. The fourth-order valence-corrected chi connectivity index (χ4v) is 3.78. The van der Waals surface area contributed by atoms with Gasteiger partial charge >= 0.3 is 5.97 Å². The average Bonchev–Trinajstić information content (AvgIpc) is 3.11. The van der Waals surface area contributed by atoms with Gasteiger partial charge in [-0.05, 0) is 54.6 Å². The molecule has 150 valence electrons. The Hall–Kier alpha value is -3.30. The first-order valence-corrected chi connectivity index (χ1v) is 10.1. The van der Waals surface area contributed by atoms with E-state index in [1.54, 1.807) is 0 Å². The van der Waals surface area contributed by atoms with Crippen molar-refractivity contribution in [3.63, 3.8) is 0 Å². The van der Waals surface area contributed by atoms with Gasteiger partial charge in [-0.3, -0.25) is 9.52 Å². The van der Waals surface area contributed by atoms with Crippen molar-refractivity contribution >= 4 is 44.9 Å². The summed E-state index contributed by atoms with van der Waals surface area (Å²) in [6.07, 6.45) is 0. The number of carbonyl (C=O) groups is 2. The number of hydrogen-bond donors (Lipinski definition) is 3. The summed E-state index contributed by atoms with van der Waals surface area (Å²) >= 11 is 6.00. The predicted octanol–water partition coefficient (Wildman–Crippen LogP) is 4.06. The van der Waals surface area contributed by atoms with Gasteiger partial charge in [-0.1, -0.05) is 11.6 Å². The molecular formula is C19H15ClN2O6S. The Kier molecular flexibility index (Phi) is 5.62. The van der Waals surface area contributed by atoms with E-state index >= 15 is 0 Å². The fourth-order valence-electron chi connectivity index (χ4n) is 2.54. The van der Waals surface area contributed by atoms with Crippen molar-refractivity contribution in [1.82, 2.24) is 0 Å². The molecule has 29 heavy (non-hydrogen) atoms. The van der Waals surface area contributed by atoms with Crippen LogP contribution in [0.15, 0.2) is 63.9 Å². The van der Waals surface area contributed by atoms with E-state index in [-0.39, 0.29) is 33.0 Å². The number of carboxylic acids is 1. The van der Waals surface area contributed by atoms with Crippen LogP contribution in [-0.2, 0) is 14.8 Å². The van der Waals surface area contributed by atoms with Gasteiger partial charge in [0.1, 0.15) is 5.76 Å². The zero-order valence-electron chi connectivity index (χ0n) is 15.0. The van der Waals surface area contributed by atoms with E-state index in [1.807, 2.05) is 0 Å². The molecule has 1 aromatic heterocycles. The highest BCUT2D eigenvalue weighted by Gasteiger charge is 2.19. The lowest BCUT2D eigenvalue weighted by Crippen LogP contribution is -2.14. The summed E-state index contributed by atoms with van der Waals surface area (Å²) in [6, 6.07) is 12.7. The summed E-state index contributed by atoms with van der Waals surface area (Å²) in [7, 11) is -3.99. The van der Waals surface area contributed by atoms with Gasteiger partial charge in [-0.25, -0.2) is 13.2 Å². The Morgan fingerprint density at radius 2 is 1.72 bits per heavy atom. The summed E-state index contributed by atoms with van der Waals surface area (Å²) in [5.41, 5.74) is 0.895. The molecule has 3 N–H and O–H groups in total. The number of benzene rings is 2. The molecular weight excluding hydrogens is 420 g/mol. The summed E-state index contributed by atoms with van der Waals surface area (Å²) in [5.74, 6) is -1.64. The Morgan fingerprint density at radius 1 is 1.03 bits per heavy atom. The third kappa shape index (κ3) is 4.76. The van der Waals surface area contributed by atoms with Crippen molar-refractivity contribution in [2.75, 3.05) is 10.0 Å². The number of rotatable bonds is 6. The normalized spacial score (nSPS) is 11.1. The number of sulfonamides is 1. The van der Waals surface area contributed by atoms with E-state index in [0.717, 1.165) is 0 Å². The van der Waals surface area contributed by atoms with Crippen LogP contribution in [0.1, 0.15) is 17.5 Å². The first-order valence-electron chi connectivity index (χ1n) is 8.19. The molecule has 0 aliphatic carbocycles. The lowest BCUT2D eigenvalue weighted by atomic mass is 10.1. The quantitative estimate of drug-likeness (QED) is 0.537. The first-order chi connectivity index (χ1) is 13.7. The van der Waals surface area contributed by atoms with E-state index in [4.69, 9.17) is 21.1 Å². The van der Waals surface area contributed by atoms with Gasteiger partial charge in [0.25, 0.3) is 10.0 Å². The molecule has 0 fully saturated rings. The number of anilines is 2. The maximum atomic E-state index is 12.8. The van der Waals surface area contributed by atoms with Crippen molar-refractivity contribution in [2.45, 2.75) is 11.8 Å². The molecule has 10 heteroatoms. The van der Waals surface area contributed by atoms with E-state index in [2.05, 4.69) is 10.0 Å². The highest BCUT2D eigenvalue weighted by molar-refractivity contribution is 7.92. The lowest BCUT2D eigenvalue weighted by Gasteiger charge is -2.12. The van der Waals surface area contributed by atoms with Gasteiger partial charge in [0.05, 0.1) is 10.6 Å². The van der Waals surface area contributed by atoms with Crippen LogP contribution >= 0.6 is 11.6 Å². The fraction of sp³-hybridized carbons (Fsp3) is 0.0526. The van der Waals surface area contributed by atoms with Crippen LogP contribution in [0, 0.1) is 0 Å². The molecule has 0 bridgehead atoms. The summed E-state index contributed by atoms with van der Waals surface area (Å²) in [5, 5.41) is 11.8. The molecule has 0 saturated carbocycles. The maximum Gasteiger partial charge on any atom is 0.371 e. The predicted molar refractivity (Wildman–Crippen MR) is 108 cm³/mol. The van der Waals surface area contributed by atoms with Crippen molar-refractivity contribution < 1.29 is 27.5 Å². The molecule has 0 unspecified atom stereocenters. The molecule has 0 radical (unpaired) electrons. The molecule has 0 spiro atoms. The van der Waals surface area contributed by atoms with E-state index in [0.29, 0.717) is 11.3 Å². The van der Waals surface area contributed by atoms with Crippen LogP contribution in [0.4, 0.5) is 11.4 Å². The third-order valence-electron chi connectivity index (χ3n) is 3.79. The number of carboxylic acid groups (broad SMARTS) is 1. The van der Waals surface area contributed by atoms with Crippen LogP contribution in [0.3, 0.4) is 0 Å². The van der Waals surface area contributed by atoms with Crippen LogP contribution in [-0.4, -0.2) is 25.4 Å². The van der Waals surface area contributed by atoms with E-state index < -0.39 is 16.0 Å². The summed E-state index contributed by atoms with van der Waals surface area (Å²) in [4.78, 5) is 22.1. The molecule has 0 aliphatic rings. The molecule has 1 amide bonds. The summed E-state index contributed by atoms with van der Waals surface area (Å²) in [6.45, 7) is 1.34. The van der Waals surface area contributed by atoms with Gasteiger partial charge in [-0.15, -0.1) is 0 Å². The molecule has 0 saturated heterocycles. The average molecular weight is 435 g/mol. The number of nitrogens with one attached hydrogen (secondary N) is 2. The second-order valence-electron chi connectivity index (χ2n) is 5.97. The van der Waals surface area contributed by atoms with E-state index in [1.165, 1.54) is 61.5 Å². The van der Waals surface area contributed by atoms with Gasteiger partial charge < -0.3 is 14.8 Å². The number of carbonyl (C=O) groups excluding carboxylic acids is 1. The molecule has 0 atom stereocenters. The number of halogens is 1. The SMILES string of the molecule is CC(=O)Nc1ccc(S(=O)(=O)Nc2cc(Cl)ccc2-c2ccc(C(=O)O)o2)cc1. The molecule has 1 heterocycles. The number of furan rings is 1. The minimum absolute atomic E-state index is 0.0387. The molecule has 2 aromatic carbocycles. The maximum absolute atomic E-state index is 12.8. The van der Waals surface area contributed by atoms with Crippen LogP contribution in [0.5, 0.6) is 0 Å². The third-order valence-corrected chi connectivity index (χ3v) is 5.41. The van der Waals surface area contributed by atoms with Crippen molar-refractivity contribution in [2.24, 2.45) is 0 Å². The molecule has 3 rings (SSSR count). The van der Waals surface area contributed by atoms with Gasteiger partial charge in [-0.2, -0.15) is 0 Å². The zero-order valence-corrected chi connectivity index (χ0v) is 16.5. The highest BCUT2D eigenvalue weighted by atomic mass is 35.5. The minimum Gasteiger partial charge on any atom is -0.475 e. The smallest absolute Gasteiger partial charge is 0.371 e. The topological polar surface area (TPSA) is 126 Å². The first kappa shape index (κ1) is 20.4. The lowest BCUT2D eigenvalue weighted by molar-refractivity contribution is -0.114. The zero-order chi connectivity index (χ0) is 21.2. The Bertz CT molecular complexity index is 1190. The standard InChI is InChI=1S/C19H15ClN2O6S/c1-11(23)21-13-3-5-14(6-4-13)29(26,27)22-16-10-12(20)2-7-15(16)17-8-9-18(28-17)19(24)25/h2-10,22H,1H3,(H,21,23)(H,24,25). The highest BCUT2D eigenvalue weighted by Crippen LogP contribution is 2.33. The van der Waals surface area contributed by atoms with Crippen LogP contribution in [0.25, 0.3) is 11.3 Å². The Balaban J connectivity index is 1.95. The molecule has 8 nitrogen and oxygen atoms in total. The van der Waals surface area contributed by atoms with E-state index in [9.17, 15) is 18.0 Å². The van der Waals surface area contributed by atoms with Crippen molar-refractivity contribution in [3.8, 4) is 11.3 Å². The molecule has 3 aromatic rings. The summed E-state index contributed by atoms with van der Waals surface area (Å²) < 4.78 is 33.3.